The van der Waals surface area contributed by atoms with Crippen LogP contribution in [-0.4, -0.2) is 18.2 Å². The predicted octanol–water partition coefficient (Wildman–Crippen LogP) is -0.205. The van der Waals surface area contributed by atoms with Gasteiger partial charge in [-0.15, -0.1) is 0 Å². The van der Waals surface area contributed by atoms with Crippen molar-refractivity contribution in [3.63, 3.8) is 0 Å². The van der Waals surface area contributed by atoms with Crippen LogP contribution >= 0.6 is 8.03 Å². The third kappa shape index (κ3) is 1.52. The lowest BCUT2D eigenvalue weighted by molar-refractivity contribution is -0.171. The standard InChI is InChI=1S/C5H7O4P/c6-5-4(10(7)8)2-1-3-9-5/h4H,1-3H2. The Hall–Kier alpha value is -0.470. The molecule has 56 valence electrons. The maximum atomic E-state index is 10.6. The highest BCUT2D eigenvalue weighted by Gasteiger charge is 2.34. The summed E-state index contributed by atoms with van der Waals surface area (Å²) in [4.78, 5) is 20.9. The summed E-state index contributed by atoms with van der Waals surface area (Å²) in [7, 11) is -2.63. The molecule has 2 unspecified atom stereocenters. The molecule has 1 saturated heterocycles. The first-order chi connectivity index (χ1) is 4.72. The molecule has 1 rings (SSSR count). The molecule has 10 heavy (non-hydrogen) atoms. The molecule has 0 amide bonds. The van der Waals surface area contributed by atoms with Gasteiger partial charge in [-0.3, -0.25) is 0 Å². The molecule has 0 aromatic carbocycles. The molecule has 0 spiro atoms. The first kappa shape index (κ1) is 7.63. The van der Waals surface area contributed by atoms with E-state index in [0.29, 0.717) is 19.4 Å². The van der Waals surface area contributed by atoms with Crippen LogP contribution in [-0.2, 0) is 14.1 Å². The van der Waals surface area contributed by atoms with Crippen molar-refractivity contribution in [3.8, 4) is 0 Å². The van der Waals surface area contributed by atoms with E-state index in [4.69, 9.17) is 0 Å². The summed E-state index contributed by atoms with van der Waals surface area (Å²) in [5.74, 6) is -0.595. The molecular formula is C5H7O4P. The highest BCUT2D eigenvalue weighted by atomic mass is 31.1. The van der Waals surface area contributed by atoms with Crippen molar-refractivity contribution in [2.24, 2.45) is 0 Å². The molecule has 5 heteroatoms. The van der Waals surface area contributed by atoms with E-state index < -0.39 is 19.7 Å². The van der Waals surface area contributed by atoms with E-state index in [0.717, 1.165) is 0 Å². The summed E-state index contributed by atoms with van der Waals surface area (Å²) in [6.45, 7) is 0.360. The van der Waals surface area contributed by atoms with E-state index in [1.54, 1.807) is 0 Å². The highest BCUT2D eigenvalue weighted by molar-refractivity contribution is 7.38. The van der Waals surface area contributed by atoms with Crippen LogP contribution in [0.15, 0.2) is 0 Å². The molecule has 0 aromatic heterocycles. The molecule has 0 aromatic rings. The Bertz CT molecular complexity index is 167. The Morgan fingerprint density at radius 3 is 2.80 bits per heavy atom. The monoisotopic (exact) mass is 162 g/mol. The van der Waals surface area contributed by atoms with Gasteiger partial charge >= 0.3 is 14.0 Å². The number of rotatable bonds is 1. The number of cyclic esters (lactones) is 1. The fourth-order valence-electron chi connectivity index (χ4n) is 0.855. The minimum absolute atomic E-state index is 0.360. The summed E-state index contributed by atoms with van der Waals surface area (Å²) in [6.07, 6.45) is 1.07. The van der Waals surface area contributed by atoms with E-state index in [1.807, 2.05) is 0 Å². The highest BCUT2D eigenvalue weighted by Crippen LogP contribution is 2.26. The van der Waals surface area contributed by atoms with Gasteiger partial charge in [0.05, 0.1) is 6.61 Å². The van der Waals surface area contributed by atoms with Gasteiger partial charge in [-0.2, -0.15) is 0 Å². The van der Waals surface area contributed by atoms with Gasteiger partial charge in [0.15, 0.2) is 0 Å². The molecule has 1 heterocycles. The van der Waals surface area contributed by atoms with Gasteiger partial charge in [-0.1, -0.05) is 4.57 Å². The van der Waals surface area contributed by atoms with Gasteiger partial charge in [0.1, 0.15) is 0 Å². The number of hydrogen-bond acceptors (Lipinski definition) is 4. The van der Waals surface area contributed by atoms with E-state index >= 15 is 0 Å². The Morgan fingerprint density at radius 2 is 2.40 bits per heavy atom. The van der Waals surface area contributed by atoms with Crippen molar-refractivity contribution >= 4 is 14.0 Å². The summed E-state index contributed by atoms with van der Waals surface area (Å²) >= 11 is 0. The maximum absolute atomic E-state index is 10.6. The fourth-order valence-corrected chi connectivity index (χ4v) is 1.50. The molecule has 1 aliphatic heterocycles. The first-order valence-corrected chi connectivity index (χ1v) is 4.26. The van der Waals surface area contributed by atoms with Crippen LogP contribution in [0.4, 0.5) is 0 Å². The third-order valence-corrected chi connectivity index (χ3v) is 2.37. The summed E-state index contributed by atoms with van der Waals surface area (Å²) in [6, 6.07) is 0. The number of carbonyl (C=O) groups excluding carboxylic acids is 1. The van der Waals surface area contributed by atoms with Crippen LogP contribution in [0.25, 0.3) is 0 Å². The minimum atomic E-state index is -2.63. The largest absolute Gasteiger partial charge is 0.595 e. The average molecular weight is 162 g/mol. The Labute approximate surface area is 59.1 Å². The predicted molar refractivity (Wildman–Crippen MR) is 31.6 cm³/mol. The zero-order valence-corrected chi connectivity index (χ0v) is 6.17. The molecule has 0 radical (unpaired) electrons. The second-order valence-electron chi connectivity index (χ2n) is 2.11. The van der Waals surface area contributed by atoms with Crippen LogP contribution in [0.2, 0.25) is 0 Å². The number of hydrogen-bond donors (Lipinski definition) is 0. The van der Waals surface area contributed by atoms with Gasteiger partial charge in [0.25, 0.3) is 0 Å². The molecule has 4 nitrogen and oxygen atoms in total. The number of esters is 1. The second kappa shape index (κ2) is 3.08. The smallest absolute Gasteiger partial charge is 0.358 e. The molecule has 0 aliphatic carbocycles. The molecule has 0 saturated carbocycles. The first-order valence-electron chi connectivity index (χ1n) is 3.02. The summed E-state index contributed by atoms with van der Waals surface area (Å²) in [5.41, 5.74) is -0.885. The quantitative estimate of drug-likeness (QED) is 0.395. The van der Waals surface area contributed by atoms with Crippen molar-refractivity contribution in [3.05, 3.63) is 0 Å². The van der Waals surface area contributed by atoms with Crippen LogP contribution < -0.4 is 4.89 Å². The summed E-state index contributed by atoms with van der Waals surface area (Å²) < 4.78 is 14.8. The van der Waals surface area contributed by atoms with Crippen LogP contribution in [0.1, 0.15) is 12.8 Å². The van der Waals surface area contributed by atoms with Gasteiger partial charge in [-0.05, 0) is 6.42 Å². The lowest BCUT2D eigenvalue weighted by atomic mass is 10.2. The third-order valence-electron chi connectivity index (χ3n) is 1.39. The molecule has 2 atom stereocenters. The van der Waals surface area contributed by atoms with Crippen molar-refractivity contribution in [1.82, 2.24) is 0 Å². The topological polar surface area (TPSA) is 66.4 Å². The lowest BCUT2D eigenvalue weighted by Gasteiger charge is -2.13. The van der Waals surface area contributed by atoms with Gasteiger partial charge in [0, 0.05) is 6.42 Å². The minimum Gasteiger partial charge on any atom is -0.595 e. The number of ether oxygens (including phenoxy) is 1. The molecular weight excluding hydrogens is 155 g/mol. The Morgan fingerprint density at radius 1 is 1.70 bits per heavy atom. The molecule has 0 bridgehead atoms. The number of carbonyl (C=O) groups is 1. The van der Waals surface area contributed by atoms with Gasteiger partial charge < -0.3 is 9.63 Å². The normalized spacial score (nSPS) is 27.5. The van der Waals surface area contributed by atoms with Gasteiger partial charge in [-0.25, -0.2) is 4.79 Å². The van der Waals surface area contributed by atoms with E-state index in [-0.39, 0.29) is 0 Å². The summed E-state index contributed by atoms with van der Waals surface area (Å²) in [5, 5.41) is 0. The van der Waals surface area contributed by atoms with Crippen LogP contribution in [0, 0.1) is 0 Å². The average Bonchev–Trinajstić information content (AvgIpc) is 1.88. The van der Waals surface area contributed by atoms with Crippen molar-refractivity contribution in [1.29, 1.82) is 0 Å². The molecule has 1 aliphatic rings. The Kier molecular flexibility index (Phi) is 2.35. The second-order valence-corrected chi connectivity index (χ2v) is 3.30. The van der Waals surface area contributed by atoms with Crippen molar-refractivity contribution in [2.45, 2.75) is 18.5 Å². The van der Waals surface area contributed by atoms with Crippen molar-refractivity contribution < 1.29 is 19.0 Å². The molecule has 1 fully saturated rings. The van der Waals surface area contributed by atoms with Crippen LogP contribution in [0.3, 0.4) is 0 Å². The zero-order valence-electron chi connectivity index (χ0n) is 5.28. The van der Waals surface area contributed by atoms with E-state index in [2.05, 4.69) is 4.74 Å². The van der Waals surface area contributed by atoms with Gasteiger partial charge in [0.2, 0.25) is 5.66 Å². The van der Waals surface area contributed by atoms with Crippen molar-refractivity contribution in [2.75, 3.05) is 6.61 Å². The molecule has 0 N–H and O–H groups in total. The van der Waals surface area contributed by atoms with Crippen LogP contribution in [0.5, 0.6) is 0 Å². The fraction of sp³-hybridized carbons (Fsp3) is 0.800. The Balaban J connectivity index is 2.56. The van der Waals surface area contributed by atoms with E-state index in [9.17, 15) is 14.3 Å². The SMILES string of the molecule is O=C1OCCCC1[P+](=O)[O-]. The lowest BCUT2D eigenvalue weighted by Crippen LogP contribution is -2.28. The van der Waals surface area contributed by atoms with E-state index in [1.165, 1.54) is 0 Å². The maximum Gasteiger partial charge on any atom is 0.358 e. The zero-order chi connectivity index (χ0) is 7.56.